The van der Waals surface area contributed by atoms with Gasteiger partial charge in [-0.05, 0) is 11.6 Å². The van der Waals surface area contributed by atoms with E-state index in [1.807, 2.05) is 24.3 Å². The van der Waals surface area contributed by atoms with Crippen LogP contribution in [0.3, 0.4) is 0 Å². The highest BCUT2D eigenvalue weighted by molar-refractivity contribution is 9.10. The largest absolute Gasteiger partial charge is 0.459 e. The lowest BCUT2D eigenvalue weighted by atomic mass is 9.70. The van der Waals surface area contributed by atoms with Gasteiger partial charge in [-0.15, -0.1) is 0 Å². The van der Waals surface area contributed by atoms with Crippen molar-refractivity contribution in [2.45, 2.75) is 12.7 Å². The molecule has 64 valence electrons. The fraction of sp³-hybridized carbons (Fsp3) is 0.250. The van der Waals surface area contributed by atoms with Crippen LogP contribution in [0, 0.1) is 0 Å². The molecule has 0 aliphatic heterocycles. The van der Waals surface area contributed by atoms with Crippen molar-refractivity contribution < 1.29 is 10.0 Å². The summed E-state index contributed by atoms with van der Waals surface area (Å²) in [6.45, 7) is 1.77. The molecule has 1 aromatic carbocycles. The van der Waals surface area contributed by atoms with E-state index in [0.29, 0.717) is 0 Å². The van der Waals surface area contributed by atoms with Gasteiger partial charge in [0.05, 0.1) is 0 Å². The van der Waals surface area contributed by atoms with E-state index in [9.17, 15) is 0 Å². The number of rotatable bonds is 2. The molecule has 0 bridgehead atoms. The Balaban J connectivity index is 2.94. The molecule has 0 saturated carbocycles. The minimum absolute atomic E-state index is 0.263. The monoisotopic (exact) mass is 228 g/mol. The fourth-order valence-electron chi connectivity index (χ4n) is 1.00. The molecular formula is C8H10BBrO2. The lowest BCUT2D eigenvalue weighted by Gasteiger charge is -2.11. The standard InChI is InChI=1S/C8H10BBrO2/c1-6(9(11)12)7-4-2-3-5-8(7)10/h2-6,11-12H,1H3. The summed E-state index contributed by atoms with van der Waals surface area (Å²) >= 11 is 3.34. The van der Waals surface area contributed by atoms with E-state index in [1.165, 1.54) is 0 Å². The Kier molecular flexibility index (Phi) is 3.32. The molecule has 0 amide bonds. The first kappa shape index (κ1) is 9.77. The summed E-state index contributed by atoms with van der Waals surface area (Å²) < 4.78 is 0.908. The third kappa shape index (κ3) is 2.09. The number of halogens is 1. The first-order valence-corrected chi connectivity index (χ1v) is 4.53. The summed E-state index contributed by atoms with van der Waals surface area (Å²) in [6, 6.07) is 7.52. The summed E-state index contributed by atoms with van der Waals surface area (Å²) in [6.07, 6.45) is 0. The van der Waals surface area contributed by atoms with Crippen molar-refractivity contribution in [3.63, 3.8) is 0 Å². The van der Waals surface area contributed by atoms with Gasteiger partial charge >= 0.3 is 7.12 Å². The second-order valence-electron chi connectivity index (χ2n) is 2.72. The van der Waals surface area contributed by atoms with Gasteiger partial charge in [-0.2, -0.15) is 0 Å². The molecule has 0 aliphatic rings. The van der Waals surface area contributed by atoms with Crippen LogP contribution in [0.15, 0.2) is 28.7 Å². The quantitative estimate of drug-likeness (QED) is 0.755. The molecule has 0 saturated heterocycles. The van der Waals surface area contributed by atoms with Crippen LogP contribution in [0.1, 0.15) is 18.3 Å². The zero-order valence-corrected chi connectivity index (χ0v) is 8.32. The molecule has 4 heteroatoms. The van der Waals surface area contributed by atoms with E-state index in [2.05, 4.69) is 15.9 Å². The summed E-state index contributed by atoms with van der Waals surface area (Å²) in [4.78, 5) is 0. The summed E-state index contributed by atoms with van der Waals surface area (Å²) in [5.74, 6) is -0.263. The number of benzene rings is 1. The molecule has 12 heavy (non-hydrogen) atoms. The Morgan fingerprint density at radius 3 is 2.42 bits per heavy atom. The van der Waals surface area contributed by atoms with Crippen molar-refractivity contribution in [1.82, 2.24) is 0 Å². The lowest BCUT2D eigenvalue weighted by Crippen LogP contribution is -2.20. The van der Waals surface area contributed by atoms with Crippen LogP contribution < -0.4 is 0 Å². The molecule has 1 atom stereocenters. The lowest BCUT2D eigenvalue weighted by molar-refractivity contribution is 0.391. The topological polar surface area (TPSA) is 40.5 Å². The van der Waals surface area contributed by atoms with Gasteiger partial charge in [0.25, 0.3) is 0 Å². The van der Waals surface area contributed by atoms with E-state index in [-0.39, 0.29) is 5.82 Å². The highest BCUT2D eigenvalue weighted by atomic mass is 79.9. The summed E-state index contributed by atoms with van der Waals surface area (Å²) in [5.41, 5.74) is 0.910. The average molecular weight is 229 g/mol. The highest BCUT2D eigenvalue weighted by Crippen LogP contribution is 2.24. The second kappa shape index (κ2) is 4.07. The maximum absolute atomic E-state index is 8.93. The maximum atomic E-state index is 8.93. The van der Waals surface area contributed by atoms with E-state index >= 15 is 0 Å². The predicted octanol–water partition coefficient (Wildman–Crippen LogP) is 1.56. The van der Waals surface area contributed by atoms with Gasteiger partial charge in [-0.3, -0.25) is 0 Å². The Morgan fingerprint density at radius 2 is 1.92 bits per heavy atom. The maximum Gasteiger partial charge on any atom is 0.459 e. The van der Waals surface area contributed by atoms with E-state index in [0.717, 1.165) is 10.0 Å². The molecule has 0 aliphatic carbocycles. The van der Waals surface area contributed by atoms with Crippen molar-refractivity contribution in [2.24, 2.45) is 0 Å². The minimum Gasteiger partial charge on any atom is -0.427 e. The minimum atomic E-state index is -1.30. The fourth-order valence-corrected chi connectivity index (χ4v) is 1.65. The van der Waals surface area contributed by atoms with Gasteiger partial charge in [0.2, 0.25) is 0 Å². The van der Waals surface area contributed by atoms with Gasteiger partial charge < -0.3 is 10.0 Å². The Morgan fingerprint density at radius 1 is 1.33 bits per heavy atom. The first-order valence-electron chi connectivity index (χ1n) is 3.73. The zero-order valence-electron chi connectivity index (χ0n) is 6.74. The van der Waals surface area contributed by atoms with Crippen molar-refractivity contribution in [3.8, 4) is 0 Å². The van der Waals surface area contributed by atoms with Gasteiger partial charge in [0, 0.05) is 10.3 Å². The Bertz CT molecular complexity index is 265. The van der Waals surface area contributed by atoms with Crippen LogP contribution in [0.25, 0.3) is 0 Å². The molecule has 2 nitrogen and oxygen atoms in total. The van der Waals surface area contributed by atoms with Gasteiger partial charge in [-0.25, -0.2) is 0 Å². The third-order valence-corrected chi connectivity index (χ3v) is 2.57. The molecule has 0 aromatic heterocycles. The van der Waals surface area contributed by atoms with Gasteiger partial charge in [0.15, 0.2) is 0 Å². The molecular weight excluding hydrogens is 219 g/mol. The zero-order chi connectivity index (χ0) is 9.14. The average Bonchev–Trinajstić information content (AvgIpc) is 2.04. The Labute approximate surface area is 80.5 Å². The predicted molar refractivity (Wildman–Crippen MR) is 52.7 cm³/mol. The Hall–Kier alpha value is -0.315. The normalized spacial score (nSPS) is 12.7. The van der Waals surface area contributed by atoms with E-state index < -0.39 is 7.12 Å². The van der Waals surface area contributed by atoms with Crippen molar-refractivity contribution in [1.29, 1.82) is 0 Å². The third-order valence-electron chi connectivity index (χ3n) is 1.84. The summed E-state index contributed by atoms with van der Waals surface area (Å²) in [7, 11) is -1.30. The van der Waals surface area contributed by atoms with Crippen molar-refractivity contribution >= 4 is 23.0 Å². The van der Waals surface area contributed by atoms with Crippen molar-refractivity contribution in [2.75, 3.05) is 0 Å². The molecule has 2 N–H and O–H groups in total. The molecule has 0 heterocycles. The van der Waals surface area contributed by atoms with Crippen LogP contribution in [0.2, 0.25) is 0 Å². The first-order chi connectivity index (χ1) is 5.63. The summed E-state index contributed by atoms with van der Waals surface area (Å²) in [5, 5.41) is 17.9. The number of hydrogen-bond donors (Lipinski definition) is 2. The molecule has 1 unspecified atom stereocenters. The SMILES string of the molecule is CC(B(O)O)c1ccccc1Br. The van der Waals surface area contributed by atoms with Gasteiger partial charge in [-0.1, -0.05) is 41.1 Å². The van der Waals surface area contributed by atoms with Crippen LogP contribution >= 0.6 is 15.9 Å². The number of hydrogen-bond acceptors (Lipinski definition) is 2. The molecule has 0 radical (unpaired) electrons. The highest BCUT2D eigenvalue weighted by Gasteiger charge is 2.21. The van der Waals surface area contributed by atoms with Crippen LogP contribution in [-0.4, -0.2) is 17.2 Å². The second-order valence-corrected chi connectivity index (χ2v) is 3.58. The van der Waals surface area contributed by atoms with Crippen LogP contribution in [-0.2, 0) is 0 Å². The smallest absolute Gasteiger partial charge is 0.427 e. The van der Waals surface area contributed by atoms with E-state index in [4.69, 9.17) is 10.0 Å². The van der Waals surface area contributed by atoms with E-state index in [1.54, 1.807) is 6.92 Å². The molecule has 0 fully saturated rings. The van der Waals surface area contributed by atoms with Crippen LogP contribution in [0.4, 0.5) is 0 Å². The van der Waals surface area contributed by atoms with Crippen molar-refractivity contribution in [3.05, 3.63) is 34.3 Å². The molecule has 1 rings (SSSR count). The molecule has 0 spiro atoms. The van der Waals surface area contributed by atoms with Crippen LogP contribution in [0.5, 0.6) is 0 Å². The molecule has 1 aromatic rings. The van der Waals surface area contributed by atoms with Gasteiger partial charge in [0.1, 0.15) is 0 Å².